The summed E-state index contributed by atoms with van der Waals surface area (Å²) in [5.74, 6) is -0.460. The van der Waals surface area contributed by atoms with Crippen molar-refractivity contribution in [1.29, 1.82) is 0 Å². The first-order valence-corrected chi connectivity index (χ1v) is 6.50. The normalized spacial score (nSPS) is 28.3. The van der Waals surface area contributed by atoms with E-state index in [2.05, 4.69) is 0 Å². The van der Waals surface area contributed by atoms with Gasteiger partial charge in [-0.3, -0.25) is 14.5 Å². The molecule has 1 aliphatic carbocycles. The van der Waals surface area contributed by atoms with Gasteiger partial charge in [-0.2, -0.15) is 0 Å². The van der Waals surface area contributed by atoms with E-state index < -0.39 is 11.5 Å². The number of hydrogen-bond donors (Lipinski definition) is 1. The van der Waals surface area contributed by atoms with Gasteiger partial charge in [-0.15, -0.1) is 0 Å². The second-order valence-corrected chi connectivity index (χ2v) is 6.12. The number of benzene rings is 1. The summed E-state index contributed by atoms with van der Waals surface area (Å²) in [5.41, 5.74) is 1.51. The quantitative estimate of drug-likeness (QED) is 0.782. The Hall–Kier alpha value is -1.68. The standard InChI is InChI=1S/C15H17NO3/c1-8-4-5-9-10(6-8)14(19)16(13(9)18)11-7-12(17)15(11,2)3/h4-6,11-12,17H,7H2,1-3H3. The fourth-order valence-corrected chi connectivity index (χ4v) is 2.98. The molecule has 2 atom stereocenters. The number of aliphatic hydroxyl groups is 1. The number of nitrogens with zero attached hydrogens (tertiary/aromatic N) is 1. The minimum absolute atomic E-state index is 0.213. The van der Waals surface area contributed by atoms with Crippen molar-refractivity contribution in [2.45, 2.75) is 39.3 Å². The zero-order valence-corrected chi connectivity index (χ0v) is 11.3. The monoisotopic (exact) mass is 259 g/mol. The van der Waals surface area contributed by atoms with Crippen molar-refractivity contribution in [1.82, 2.24) is 4.90 Å². The Labute approximate surface area is 112 Å². The molecule has 3 rings (SSSR count). The molecule has 1 aromatic rings. The maximum Gasteiger partial charge on any atom is 0.261 e. The highest BCUT2D eigenvalue weighted by atomic mass is 16.3. The van der Waals surface area contributed by atoms with Gasteiger partial charge in [-0.25, -0.2) is 0 Å². The van der Waals surface area contributed by atoms with E-state index in [1.807, 2.05) is 26.8 Å². The van der Waals surface area contributed by atoms with Gasteiger partial charge in [0, 0.05) is 5.41 Å². The maximum atomic E-state index is 12.4. The van der Waals surface area contributed by atoms with Crippen molar-refractivity contribution < 1.29 is 14.7 Å². The van der Waals surface area contributed by atoms with E-state index in [4.69, 9.17) is 0 Å². The predicted molar refractivity (Wildman–Crippen MR) is 69.9 cm³/mol. The first-order valence-electron chi connectivity index (χ1n) is 6.50. The molecule has 100 valence electrons. The van der Waals surface area contributed by atoms with Crippen LogP contribution < -0.4 is 0 Å². The van der Waals surface area contributed by atoms with Crippen LogP contribution in [0.2, 0.25) is 0 Å². The Kier molecular flexibility index (Phi) is 2.39. The van der Waals surface area contributed by atoms with Crippen LogP contribution in [0, 0.1) is 12.3 Å². The highest BCUT2D eigenvalue weighted by Crippen LogP contribution is 2.46. The molecule has 1 aliphatic heterocycles. The summed E-state index contributed by atoms with van der Waals surface area (Å²) in [5, 5.41) is 9.79. The zero-order valence-electron chi connectivity index (χ0n) is 11.3. The molecule has 1 aromatic carbocycles. The molecule has 1 N–H and O–H groups in total. The molecule has 1 fully saturated rings. The average molecular weight is 259 g/mol. The lowest BCUT2D eigenvalue weighted by molar-refractivity contribution is -0.0988. The summed E-state index contributed by atoms with van der Waals surface area (Å²) in [7, 11) is 0. The van der Waals surface area contributed by atoms with Gasteiger partial charge >= 0.3 is 0 Å². The fourth-order valence-electron chi connectivity index (χ4n) is 2.98. The molecule has 2 amide bonds. The number of aliphatic hydroxyl groups excluding tert-OH is 1. The second-order valence-electron chi connectivity index (χ2n) is 6.12. The molecule has 0 radical (unpaired) electrons. The molecule has 1 heterocycles. The molecule has 0 aromatic heterocycles. The lowest BCUT2D eigenvalue weighted by Gasteiger charge is -2.52. The van der Waals surface area contributed by atoms with Crippen molar-refractivity contribution in [3.05, 3.63) is 34.9 Å². The highest BCUT2D eigenvalue weighted by Gasteiger charge is 2.55. The van der Waals surface area contributed by atoms with Gasteiger partial charge in [0.25, 0.3) is 11.8 Å². The van der Waals surface area contributed by atoms with E-state index >= 15 is 0 Å². The third-order valence-corrected chi connectivity index (χ3v) is 4.55. The number of imide groups is 1. The fraction of sp³-hybridized carbons (Fsp3) is 0.467. The first kappa shape index (κ1) is 12.4. The lowest BCUT2D eigenvalue weighted by Crippen LogP contribution is -2.62. The average Bonchev–Trinajstić information content (AvgIpc) is 2.59. The van der Waals surface area contributed by atoms with Crippen molar-refractivity contribution in [3.63, 3.8) is 0 Å². The molecule has 0 bridgehead atoms. The van der Waals surface area contributed by atoms with Gasteiger partial charge in [0.05, 0.1) is 23.3 Å². The summed E-state index contributed by atoms with van der Waals surface area (Å²) < 4.78 is 0. The minimum atomic E-state index is -0.455. The summed E-state index contributed by atoms with van der Waals surface area (Å²) >= 11 is 0. The van der Waals surface area contributed by atoms with Gasteiger partial charge in [0.2, 0.25) is 0 Å². The van der Waals surface area contributed by atoms with Gasteiger partial charge in [-0.05, 0) is 25.5 Å². The number of rotatable bonds is 1. The number of carbonyl (C=O) groups excluding carboxylic acids is 2. The van der Waals surface area contributed by atoms with Crippen LogP contribution in [-0.4, -0.2) is 34.0 Å². The van der Waals surface area contributed by atoms with Gasteiger partial charge < -0.3 is 5.11 Å². The molecular formula is C15H17NO3. The van der Waals surface area contributed by atoms with Gasteiger partial charge in [-0.1, -0.05) is 25.5 Å². The smallest absolute Gasteiger partial charge is 0.261 e. The molecule has 4 heteroatoms. The van der Waals surface area contributed by atoms with Crippen molar-refractivity contribution in [2.75, 3.05) is 0 Å². The van der Waals surface area contributed by atoms with Crippen LogP contribution >= 0.6 is 0 Å². The number of aryl methyl sites for hydroxylation is 1. The molecule has 0 spiro atoms. The van der Waals surface area contributed by atoms with Crippen LogP contribution in [0.1, 0.15) is 46.5 Å². The molecule has 0 saturated heterocycles. The molecule has 2 aliphatic rings. The number of fused-ring (bicyclic) bond motifs is 1. The van der Waals surface area contributed by atoms with Crippen molar-refractivity contribution >= 4 is 11.8 Å². The largest absolute Gasteiger partial charge is 0.392 e. The third kappa shape index (κ3) is 1.49. The van der Waals surface area contributed by atoms with Gasteiger partial charge in [0.1, 0.15) is 0 Å². The third-order valence-electron chi connectivity index (χ3n) is 4.55. The van der Waals surface area contributed by atoms with Crippen LogP contribution in [0.15, 0.2) is 18.2 Å². The summed E-state index contributed by atoms with van der Waals surface area (Å²) in [4.78, 5) is 26.1. The maximum absolute atomic E-state index is 12.4. The van der Waals surface area contributed by atoms with Crippen molar-refractivity contribution in [2.24, 2.45) is 5.41 Å². The van der Waals surface area contributed by atoms with Crippen LogP contribution in [0.3, 0.4) is 0 Å². The SMILES string of the molecule is Cc1ccc2c(c1)C(=O)N(C1CC(O)C1(C)C)C2=O. The second kappa shape index (κ2) is 3.67. The zero-order chi connectivity index (χ0) is 13.9. The van der Waals surface area contributed by atoms with Crippen molar-refractivity contribution in [3.8, 4) is 0 Å². The number of amides is 2. The highest BCUT2D eigenvalue weighted by molar-refractivity contribution is 6.21. The van der Waals surface area contributed by atoms with Gasteiger partial charge in [0.15, 0.2) is 0 Å². The molecule has 2 unspecified atom stereocenters. The van der Waals surface area contributed by atoms with Crippen LogP contribution in [-0.2, 0) is 0 Å². The number of carbonyl (C=O) groups is 2. The van der Waals surface area contributed by atoms with E-state index in [0.29, 0.717) is 17.5 Å². The van der Waals surface area contributed by atoms with E-state index in [0.717, 1.165) is 5.56 Å². The number of hydrogen-bond acceptors (Lipinski definition) is 3. The minimum Gasteiger partial charge on any atom is -0.392 e. The Morgan fingerprint density at radius 3 is 2.42 bits per heavy atom. The molecule has 4 nitrogen and oxygen atoms in total. The lowest BCUT2D eigenvalue weighted by atomic mass is 9.64. The topological polar surface area (TPSA) is 57.6 Å². The Balaban J connectivity index is 2.00. The van der Waals surface area contributed by atoms with Crippen LogP contribution in [0.4, 0.5) is 0 Å². The molecule has 1 saturated carbocycles. The van der Waals surface area contributed by atoms with E-state index in [1.165, 1.54) is 4.90 Å². The molecule has 19 heavy (non-hydrogen) atoms. The van der Waals surface area contributed by atoms with E-state index in [-0.39, 0.29) is 17.9 Å². The molecular weight excluding hydrogens is 242 g/mol. The summed E-state index contributed by atoms with van der Waals surface area (Å²) in [6.07, 6.45) is 0.0146. The first-order chi connectivity index (χ1) is 8.84. The van der Waals surface area contributed by atoms with E-state index in [1.54, 1.807) is 12.1 Å². The Morgan fingerprint density at radius 1 is 1.21 bits per heavy atom. The van der Waals surface area contributed by atoms with Crippen LogP contribution in [0.5, 0.6) is 0 Å². The predicted octanol–water partition coefficient (Wildman–Crippen LogP) is 1.75. The summed E-state index contributed by atoms with van der Waals surface area (Å²) in [6.45, 7) is 5.68. The Bertz CT molecular complexity index is 591. The van der Waals surface area contributed by atoms with E-state index in [9.17, 15) is 14.7 Å². The summed E-state index contributed by atoms with van der Waals surface area (Å²) in [6, 6.07) is 5.11. The van der Waals surface area contributed by atoms with Crippen LogP contribution in [0.25, 0.3) is 0 Å². The Morgan fingerprint density at radius 2 is 1.84 bits per heavy atom.